The van der Waals surface area contributed by atoms with Gasteiger partial charge in [-0.15, -0.1) is 0 Å². The number of carbonyl (C=O) groups excluding carboxylic acids is 1. The van der Waals surface area contributed by atoms with Crippen LogP contribution in [0.15, 0.2) is 16.6 Å². The summed E-state index contributed by atoms with van der Waals surface area (Å²) in [6.45, 7) is -0.0345. The molecule has 0 saturated heterocycles. The summed E-state index contributed by atoms with van der Waals surface area (Å²) < 4.78 is 14.1. The highest BCUT2D eigenvalue weighted by Gasteiger charge is 2.32. The van der Waals surface area contributed by atoms with E-state index >= 15 is 0 Å². The van der Waals surface area contributed by atoms with Crippen molar-refractivity contribution in [3.05, 3.63) is 33.5 Å². The maximum absolute atomic E-state index is 13.5. The number of rotatable bonds is 2. The van der Waals surface area contributed by atoms with Gasteiger partial charge in [-0.25, -0.2) is 4.39 Å². The highest BCUT2D eigenvalue weighted by molar-refractivity contribution is 9.10. The average molecular weight is 273 g/mol. The largest absolute Gasteiger partial charge is 0.396 e. The number of aliphatic hydroxyl groups is 1. The number of halogens is 2. The molecule has 0 fully saturated rings. The second kappa shape index (κ2) is 4.02. The summed E-state index contributed by atoms with van der Waals surface area (Å²) in [6.07, 6.45) is 0.818. The summed E-state index contributed by atoms with van der Waals surface area (Å²) in [5.74, 6) is -0.652. The number of aliphatic hydroxyl groups excluding tert-OH is 1. The Hall–Kier alpha value is -0.740. The van der Waals surface area contributed by atoms with E-state index in [2.05, 4.69) is 15.9 Å². The van der Waals surface area contributed by atoms with Crippen LogP contribution in [-0.4, -0.2) is 17.5 Å². The molecule has 0 unspecified atom stereocenters. The van der Waals surface area contributed by atoms with Crippen molar-refractivity contribution >= 4 is 21.7 Å². The predicted octanol–water partition coefficient (Wildman–Crippen LogP) is 2.33. The van der Waals surface area contributed by atoms with Crippen molar-refractivity contribution in [1.82, 2.24) is 0 Å². The molecule has 1 aromatic carbocycles. The van der Waals surface area contributed by atoms with Crippen molar-refractivity contribution in [3.8, 4) is 0 Å². The maximum atomic E-state index is 13.5. The van der Waals surface area contributed by atoms with Gasteiger partial charge in [-0.3, -0.25) is 4.79 Å². The Labute approximate surface area is 95.2 Å². The van der Waals surface area contributed by atoms with E-state index < -0.39 is 0 Å². The smallest absolute Gasteiger partial charge is 0.166 e. The number of fused-ring (bicyclic) bond motifs is 1. The topological polar surface area (TPSA) is 37.3 Å². The van der Waals surface area contributed by atoms with E-state index in [1.54, 1.807) is 6.07 Å². The zero-order valence-electron chi connectivity index (χ0n) is 7.96. The molecule has 0 heterocycles. The van der Waals surface area contributed by atoms with Crippen LogP contribution in [0.25, 0.3) is 0 Å². The summed E-state index contributed by atoms with van der Waals surface area (Å²) in [7, 11) is 0. The number of Topliss-reactive ketones (excluding diaryl/α,β-unsaturated/α-hetero) is 1. The Morgan fingerprint density at radius 2 is 2.27 bits per heavy atom. The number of hydrogen-bond acceptors (Lipinski definition) is 2. The summed E-state index contributed by atoms with van der Waals surface area (Å²) in [5, 5.41) is 8.79. The van der Waals surface area contributed by atoms with Gasteiger partial charge in [0.2, 0.25) is 0 Å². The molecule has 1 aliphatic carbocycles. The highest BCUT2D eigenvalue weighted by atomic mass is 79.9. The molecule has 80 valence electrons. The molecule has 1 N–H and O–H groups in total. The van der Waals surface area contributed by atoms with E-state index in [1.165, 1.54) is 6.07 Å². The minimum atomic E-state index is -0.340. The lowest BCUT2D eigenvalue weighted by molar-refractivity contribution is 0.0914. The third-order valence-corrected chi connectivity index (χ3v) is 3.18. The lowest BCUT2D eigenvalue weighted by Gasteiger charge is -2.02. The van der Waals surface area contributed by atoms with Gasteiger partial charge in [0.1, 0.15) is 5.82 Å². The van der Waals surface area contributed by atoms with Gasteiger partial charge in [0.15, 0.2) is 5.78 Å². The first-order chi connectivity index (χ1) is 7.13. The van der Waals surface area contributed by atoms with Gasteiger partial charge >= 0.3 is 0 Å². The van der Waals surface area contributed by atoms with Crippen molar-refractivity contribution in [3.63, 3.8) is 0 Å². The Kier molecular flexibility index (Phi) is 2.89. The fourth-order valence-electron chi connectivity index (χ4n) is 1.98. The highest BCUT2D eigenvalue weighted by Crippen LogP contribution is 2.32. The van der Waals surface area contributed by atoms with Gasteiger partial charge in [0, 0.05) is 22.6 Å². The van der Waals surface area contributed by atoms with Gasteiger partial charge < -0.3 is 5.11 Å². The van der Waals surface area contributed by atoms with Crippen molar-refractivity contribution in [2.45, 2.75) is 12.8 Å². The second-order valence-electron chi connectivity index (χ2n) is 3.69. The Morgan fingerprint density at radius 1 is 1.53 bits per heavy atom. The van der Waals surface area contributed by atoms with Gasteiger partial charge in [-0.05, 0) is 30.5 Å². The Morgan fingerprint density at radius 3 is 2.93 bits per heavy atom. The molecule has 0 amide bonds. The minimum absolute atomic E-state index is 0.0345. The van der Waals surface area contributed by atoms with Crippen LogP contribution in [0, 0.1) is 11.7 Å². The van der Waals surface area contributed by atoms with E-state index in [9.17, 15) is 9.18 Å². The predicted molar refractivity (Wildman–Crippen MR) is 57.3 cm³/mol. The van der Waals surface area contributed by atoms with Crippen LogP contribution in [0.3, 0.4) is 0 Å². The molecular formula is C11H10BrFO2. The molecule has 2 rings (SSSR count). The van der Waals surface area contributed by atoms with Crippen LogP contribution in [0.5, 0.6) is 0 Å². The molecule has 0 radical (unpaired) electrons. The molecule has 0 aromatic heterocycles. The zero-order valence-corrected chi connectivity index (χ0v) is 9.55. The Bertz CT molecular complexity index is 417. The number of hydrogen-bond donors (Lipinski definition) is 1. The van der Waals surface area contributed by atoms with Crippen LogP contribution in [-0.2, 0) is 6.42 Å². The fraction of sp³-hybridized carbons (Fsp3) is 0.364. The summed E-state index contributed by atoms with van der Waals surface area (Å²) >= 11 is 3.16. The minimum Gasteiger partial charge on any atom is -0.396 e. The van der Waals surface area contributed by atoms with Crippen LogP contribution in [0.1, 0.15) is 22.3 Å². The average Bonchev–Trinajstić information content (AvgIpc) is 2.47. The lowest BCUT2D eigenvalue weighted by atomic mass is 10.0. The number of carbonyl (C=O) groups is 1. The summed E-state index contributed by atoms with van der Waals surface area (Å²) in [4.78, 5) is 11.8. The quantitative estimate of drug-likeness (QED) is 0.897. The van der Waals surface area contributed by atoms with Crippen molar-refractivity contribution in [2.24, 2.45) is 5.92 Å². The van der Waals surface area contributed by atoms with E-state index in [-0.39, 0.29) is 24.1 Å². The third kappa shape index (κ3) is 1.84. The van der Waals surface area contributed by atoms with Gasteiger partial charge in [-0.1, -0.05) is 15.9 Å². The van der Waals surface area contributed by atoms with Crippen molar-refractivity contribution in [1.29, 1.82) is 0 Å². The van der Waals surface area contributed by atoms with Gasteiger partial charge in [-0.2, -0.15) is 0 Å². The Balaban J connectivity index is 2.41. The summed E-state index contributed by atoms with van der Waals surface area (Å²) in [6, 6.07) is 3.02. The first-order valence-electron chi connectivity index (χ1n) is 4.76. The van der Waals surface area contributed by atoms with E-state index in [4.69, 9.17) is 5.11 Å². The maximum Gasteiger partial charge on any atom is 0.166 e. The summed E-state index contributed by atoms with van der Waals surface area (Å²) in [5.41, 5.74) is 0.946. The number of benzene rings is 1. The molecular weight excluding hydrogens is 263 g/mol. The zero-order chi connectivity index (χ0) is 11.0. The molecule has 1 atom stereocenters. The molecule has 0 saturated carbocycles. The molecule has 15 heavy (non-hydrogen) atoms. The van der Waals surface area contributed by atoms with Crippen LogP contribution in [0.4, 0.5) is 4.39 Å². The first-order valence-corrected chi connectivity index (χ1v) is 5.55. The first kappa shape index (κ1) is 10.8. The van der Waals surface area contributed by atoms with E-state index in [0.717, 1.165) is 0 Å². The molecule has 4 heteroatoms. The van der Waals surface area contributed by atoms with Gasteiger partial charge in [0.25, 0.3) is 0 Å². The van der Waals surface area contributed by atoms with E-state index in [0.29, 0.717) is 28.4 Å². The SMILES string of the molecule is O=C1c2cc(Br)cc(F)c2C[C@@H]1CCO. The second-order valence-corrected chi connectivity index (χ2v) is 4.61. The van der Waals surface area contributed by atoms with Crippen LogP contribution < -0.4 is 0 Å². The molecule has 1 aliphatic rings. The monoisotopic (exact) mass is 272 g/mol. The normalized spacial score (nSPS) is 19.4. The van der Waals surface area contributed by atoms with Crippen LogP contribution in [0.2, 0.25) is 0 Å². The van der Waals surface area contributed by atoms with Crippen LogP contribution >= 0.6 is 15.9 Å². The molecule has 0 bridgehead atoms. The molecule has 0 aliphatic heterocycles. The molecule has 2 nitrogen and oxygen atoms in total. The fourth-order valence-corrected chi connectivity index (χ4v) is 2.41. The molecule has 1 aromatic rings. The standard InChI is InChI=1S/C11H10BrFO2/c12-7-4-9-8(10(13)5-7)3-6(1-2-14)11(9)15/h4-6,14H,1-3H2/t6-/m0/s1. The third-order valence-electron chi connectivity index (χ3n) is 2.72. The lowest BCUT2D eigenvalue weighted by Crippen LogP contribution is -2.10. The van der Waals surface area contributed by atoms with E-state index in [1.807, 2.05) is 0 Å². The van der Waals surface area contributed by atoms with Crippen molar-refractivity contribution in [2.75, 3.05) is 6.61 Å². The van der Waals surface area contributed by atoms with Crippen molar-refractivity contribution < 1.29 is 14.3 Å². The number of ketones is 1. The van der Waals surface area contributed by atoms with Gasteiger partial charge in [0.05, 0.1) is 0 Å². The molecule has 0 spiro atoms.